The van der Waals surface area contributed by atoms with Crippen molar-refractivity contribution in [1.82, 2.24) is 16.0 Å². The van der Waals surface area contributed by atoms with Gasteiger partial charge in [0, 0.05) is 37.7 Å². The number of nitrogens with one attached hydrogen (secondary N) is 3. The van der Waals surface area contributed by atoms with Crippen molar-refractivity contribution >= 4 is 11.9 Å². The zero-order valence-electron chi connectivity index (χ0n) is 15.8. The Hall–Kier alpha value is -2.82. The van der Waals surface area contributed by atoms with Crippen LogP contribution >= 0.6 is 0 Å². The maximum Gasteiger partial charge on any atom is 0.251 e. The van der Waals surface area contributed by atoms with Crippen LogP contribution in [0.15, 0.2) is 65.7 Å². The highest BCUT2D eigenvalue weighted by Crippen LogP contribution is 2.21. The van der Waals surface area contributed by atoms with E-state index in [4.69, 9.17) is 0 Å². The van der Waals surface area contributed by atoms with Gasteiger partial charge in [-0.2, -0.15) is 0 Å². The summed E-state index contributed by atoms with van der Waals surface area (Å²) < 4.78 is 0. The summed E-state index contributed by atoms with van der Waals surface area (Å²) >= 11 is 0. The first-order chi connectivity index (χ1) is 12.5. The van der Waals surface area contributed by atoms with Crippen molar-refractivity contribution in [3.63, 3.8) is 0 Å². The molecular weight excluding hydrogens is 324 g/mol. The van der Waals surface area contributed by atoms with Crippen LogP contribution in [-0.4, -0.2) is 38.5 Å². The minimum Gasteiger partial charge on any atom is -0.356 e. The van der Waals surface area contributed by atoms with E-state index in [9.17, 15) is 4.79 Å². The van der Waals surface area contributed by atoms with Crippen LogP contribution in [0.1, 0.15) is 29.8 Å². The highest BCUT2D eigenvalue weighted by atomic mass is 16.1. The molecule has 0 radical (unpaired) electrons. The Balaban J connectivity index is 1.73. The van der Waals surface area contributed by atoms with Gasteiger partial charge in [-0.3, -0.25) is 9.79 Å². The highest BCUT2D eigenvalue weighted by Gasteiger charge is 2.20. The van der Waals surface area contributed by atoms with Gasteiger partial charge in [0.05, 0.1) is 0 Å². The molecule has 0 saturated carbocycles. The molecule has 138 valence electrons. The van der Waals surface area contributed by atoms with Gasteiger partial charge in [-0.25, -0.2) is 0 Å². The number of rotatable bonds is 7. The topological polar surface area (TPSA) is 65.5 Å². The summed E-state index contributed by atoms with van der Waals surface area (Å²) in [5, 5.41) is 9.47. The van der Waals surface area contributed by atoms with E-state index in [2.05, 4.69) is 59.1 Å². The Labute approximate surface area is 155 Å². The average molecular weight is 352 g/mol. The third kappa shape index (κ3) is 5.92. The van der Waals surface area contributed by atoms with Gasteiger partial charge in [0.2, 0.25) is 0 Å². The first kappa shape index (κ1) is 19.5. The third-order valence-corrected chi connectivity index (χ3v) is 4.22. The molecule has 2 aromatic rings. The van der Waals surface area contributed by atoms with E-state index in [0.29, 0.717) is 18.7 Å². The van der Waals surface area contributed by atoms with Crippen molar-refractivity contribution in [3.8, 4) is 0 Å². The quantitative estimate of drug-likeness (QED) is 0.408. The maximum absolute atomic E-state index is 12.0. The van der Waals surface area contributed by atoms with Gasteiger partial charge in [-0.1, -0.05) is 62.4 Å². The molecule has 5 nitrogen and oxygen atoms in total. The van der Waals surface area contributed by atoms with Crippen molar-refractivity contribution < 1.29 is 4.79 Å². The SMILES string of the molecule is CN=C(NCCNC(=O)c1ccccc1)NCC(C)(C)c1ccccc1. The zero-order chi connectivity index (χ0) is 18.8. The minimum atomic E-state index is -0.0689. The lowest BCUT2D eigenvalue weighted by Gasteiger charge is -2.26. The molecule has 0 unspecified atom stereocenters. The summed E-state index contributed by atoms with van der Waals surface area (Å²) in [6.07, 6.45) is 0. The first-order valence-corrected chi connectivity index (χ1v) is 8.86. The smallest absolute Gasteiger partial charge is 0.251 e. The Morgan fingerprint density at radius 2 is 1.46 bits per heavy atom. The van der Waals surface area contributed by atoms with Crippen LogP contribution in [0.4, 0.5) is 0 Å². The van der Waals surface area contributed by atoms with Crippen molar-refractivity contribution in [2.45, 2.75) is 19.3 Å². The third-order valence-electron chi connectivity index (χ3n) is 4.22. The number of benzene rings is 2. The molecule has 0 aliphatic carbocycles. The number of aliphatic imine (C=N–C) groups is 1. The monoisotopic (exact) mass is 352 g/mol. The number of hydrogen-bond donors (Lipinski definition) is 3. The molecule has 0 fully saturated rings. The van der Waals surface area contributed by atoms with Crippen LogP contribution < -0.4 is 16.0 Å². The lowest BCUT2D eigenvalue weighted by atomic mass is 9.85. The molecule has 5 heteroatoms. The maximum atomic E-state index is 12.0. The second-order valence-corrected chi connectivity index (χ2v) is 6.72. The van der Waals surface area contributed by atoms with E-state index in [-0.39, 0.29) is 11.3 Å². The molecule has 0 saturated heterocycles. The number of carbonyl (C=O) groups excluding carboxylic acids is 1. The summed E-state index contributed by atoms with van der Waals surface area (Å²) in [7, 11) is 1.74. The molecule has 3 N–H and O–H groups in total. The second-order valence-electron chi connectivity index (χ2n) is 6.72. The van der Waals surface area contributed by atoms with Crippen molar-refractivity contribution in [3.05, 3.63) is 71.8 Å². The van der Waals surface area contributed by atoms with E-state index >= 15 is 0 Å². The predicted octanol–water partition coefficient (Wildman–Crippen LogP) is 2.56. The molecule has 0 bridgehead atoms. The van der Waals surface area contributed by atoms with Gasteiger partial charge >= 0.3 is 0 Å². The van der Waals surface area contributed by atoms with E-state index in [0.717, 1.165) is 12.5 Å². The van der Waals surface area contributed by atoms with Crippen molar-refractivity contribution in [2.75, 3.05) is 26.7 Å². The standard InChI is InChI=1S/C21H28N4O/c1-21(2,18-12-8-5-9-13-18)16-25-20(22-3)24-15-14-23-19(26)17-10-6-4-7-11-17/h4-13H,14-16H2,1-3H3,(H,23,26)(H2,22,24,25). The van der Waals surface area contributed by atoms with Crippen LogP contribution in [0.5, 0.6) is 0 Å². The lowest BCUT2D eigenvalue weighted by Crippen LogP contribution is -2.45. The molecule has 0 atom stereocenters. The molecule has 2 aromatic carbocycles. The number of amides is 1. The fourth-order valence-corrected chi connectivity index (χ4v) is 2.57. The second kappa shape index (κ2) is 9.61. The number of carbonyl (C=O) groups is 1. The Bertz CT molecular complexity index is 711. The summed E-state index contributed by atoms with van der Waals surface area (Å²) in [6.45, 7) is 6.28. The first-order valence-electron chi connectivity index (χ1n) is 8.86. The number of guanidine groups is 1. The Morgan fingerprint density at radius 3 is 2.08 bits per heavy atom. The van der Waals surface area contributed by atoms with Crippen LogP contribution in [-0.2, 0) is 5.41 Å². The Kier molecular flexibility index (Phi) is 7.21. The average Bonchev–Trinajstić information content (AvgIpc) is 2.68. The number of nitrogens with zero attached hydrogens (tertiary/aromatic N) is 1. The lowest BCUT2D eigenvalue weighted by molar-refractivity contribution is 0.0954. The summed E-state index contributed by atoms with van der Waals surface area (Å²) in [5.41, 5.74) is 1.93. The van der Waals surface area contributed by atoms with E-state index in [1.807, 2.05) is 24.3 Å². The molecule has 26 heavy (non-hydrogen) atoms. The molecule has 0 aromatic heterocycles. The molecule has 0 aliphatic heterocycles. The summed E-state index contributed by atoms with van der Waals surface area (Å²) in [6, 6.07) is 19.6. The van der Waals surface area contributed by atoms with Crippen molar-refractivity contribution in [2.24, 2.45) is 4.99 Å². The zero-order valence-corrected chi connectivity index (χ0v) is 15.8. The van der Waals surface area contributed by atoms with Gasteiger partial charge < -0.3 is 16.0 Å². The largest absolute Gasteiger partial charge is 0.356 e. The molecule has 0 heterocycles. The van der Waals surface area contributed by atoms with Crippen LogP contribution in [0, 0.1) is 0 Å². The van der Waals surface area contributed by atoms with E-state index in [1.54, 1.807) is 19.2 Å². The van der Waals surface area contributed by atoms with Crippen molar-refractivity contribution in [1.29, 1.82) is 0 Å². The fourth-order valence-electron chi connectivity index (χ4n) is 2.57. The molecule has 0 aliphatic rings. The van der Waals surface area contributed by atoms with Crippen LogP contribution in [0.2, 0.25) is 0 Å². The van der Waals surface area contributed by atoms with Gasteiger partial charge in [-0.15, -0.1) is 0 Å². The predicted molar refractivity (Wildman–Crippen MR) is 108 cm³/mol. The molecule has 1 amide bonds. The Morgan fingerprint density at radius 1 is 0.885 bits per heavy atom. The van der Waals surface area contributed by atoms with Crippen LogP contribution in [0.3, 0.4) is 0 Å². The normalized spacial score (nSPS) is 11.7. The molecule has 0 spiro atoms. The van der Waals surface area contributed by atoms with Gasteiger partial charge in [0.1, 0.15) is 0 Å². The summed E-state index contributed by atoms with van der Waals surface area (Å²) in [5.74, 6) is 0.656. The fraction of sp³-hybridized carbons (Fsp3) is 0.333. The van der Waals surface area contributed by atoms with Gasteiger partial charge in [-0.05, 0) is 17.7 Å². The van der Waals surface area contributed by atoms with Crippen LogP contribution in [0.25, 0.3) is 0 Å². The number of hydrogen-bond acceptors (Lipinski definition) is 2. The van der Waals surface area contributed by atoms with Gasteiger partial charge in [0.25, 0.3) is 5.91 Å². The minimum absolute atomic E-state index is 0.0135. The van der Waals surface area contributed by atoms with E-state index in [1.165, 1.54) is 5.56 Å². The highest BCUT2D eigenvalue weighted by molar-refractivity contribution is 5.94. The van der Waals surface area contributed by atoms with E-state index < -0.39 is 0 Å². The summed E-state index contributed by atoms with van der Waals surface area (Å²) in [4.78, 5) is 16.2. The molecular formula is C21H28N4O. The van der Waals surface area contributed by atoms with Gasteiger partial charge in [0.15, 0.2) is 5.96 Å². The molecule has 2 rings (SSSR count).